The Morgan fingerprint density at radius 1 is 0.879 bits per heavy atom. The Hall–Kier alpha value is -3.45. The van der Waals surface area contributed by atoms with E-state index in [4.69, 9.17) is 9.47 Å². The number of benzene rings is 3. The van der Waals surface area contributed by atoms with Crippen molar-refractivity contribution in [1.82, 2.24) is 0 Å². The first-order valence-corrected chi connectivity index (χ1v) is 11.6. The molecule has 6 nitrogen and oxygen atoms in total. The molecule has 0 aliphatic heterocycles. The van der Waals surface area contributed by atoms with Gasteiger partial charge in [-0.05, 0) is 60.9 Å². The highest BCUT2D eigenvalue weighted by Crippen LogP contribution is 2.29. The van der Waals surface area contributed by atoms with Gasteiger partial charge in [-0.1, -0.05) is 31.2 Å². The Morgan fingerprint density at radius 3 is 2.12 bits per heavy atom. The van der Waals surface area contributed by atoms with Gasteiger partial charge in [-0.15, -0.1) is 11.8 Å². The summed E-state index contributed by atoms with van der Waals surface area (Å²) in [5.41, 5.74) is 4.05. The maximum atomic E-state index is 12.8. The van der Waals surface area contributed by atoms with E-state index in [1.165, 1.54) is 26.0 Å². The van der Waals surface area contributed by atoms with E-state index in [0.717, 1.165) is 28.1 Å². The first-order valence-electron chi connectivity index (χ1n) is 10.6. The molecule has 0 atom stereocenters. The van der Waals surface area contributed by atoms with E-state index < -0.39 is 0 Å². The summed E-state index contributed by atoms with van der Waals surface area (Å²) < 4.78 is 10.6. The van der Waals surface area contributed by atoms with Crippen LogP contribution in [0.25, 0.3) is 0 Å². The second-order valence-electron chi connectivity index (χ2n) is 7.32. The quantitative estimate of drug-likeness (QED) is 0.406. The van der Waals surface area contributed by atoms with E-state index in [0.29, 0.717) is 28.5 Å². The van der Waals surface area contributed by atoms with Crippen LogP contribution in [0.5, 0.6) is 11.5 Å². The molecular formula is C26H28N2O4S. The van der Waals surface area contributed by atoms with Gasteiger partial charge in [0.15, 0.2) is 0 Å². The first kappa shape index (κ1) is 24.2. The fourth-order valence-electron chi connectivity index (χ4n) is 3.43. The van der Waals surface area contributed by atoms with Gasteiger partial charge in [-0.3, -0.25) is 9.59 Å². The number of thioether (sulfide) groups is 1. The molecule has 3 aromatic carbocycles. The summed E-state index contributed by atoms with van der Waals surface area (Å²) in [7, 11) is 3.02. The molecule has 0 radical (unpaired) electrons. The summed E-state index contributed by atoms with van der Waals surface area (Å²) in [6.07, 6.45) is 0.859. The molecule has 0 saturated heterocycles. The lowest BCUT2D eigenvalue weighted by atomic mass is 10.1. The summed E-state index contributed by atoms with van der Waals surface area (Å²) in [6, 6.07) is 18.6. The van der Waals surface area contributed by atoms with Crippen molar-refractivity contribution >= 4 is 35.0 Å². The Balaban J connectivity index is 1.60. The number of methoxy groups -OCH3 is 2. The molecule has 0 aliphatic rings. The van der Waals surface area contributed by atoms with Gasteiger partial charge in [-0.2, -0.15) is 0 Å². The highest BCUT2D eigenvalue weighted by Gasteiger charge is 2.18. The largest absolute Gasteiger partial charge is 0.496 e. The molecule has 7 heteroatoms. The van der Waals surface area contributed by atoms with Crippen molar-refractivity contribution in [2.75, 3.05) is 30.6 Å². The fraction of sp³-hybridized carbons (Fsp3) is 0.231. The third-order valence-corrected chi connectivity index (χ3v) is 6.15. The van der Waals surface area contributed by atoms with Crippen LogP contribution < -0.4 is 20.1 Å². The van der Waals surface area contributed by atoms with E-state index in [1.54, 1.807) is 30.3 Å². The first-order chi connectivity index (χ1) is 16.0. The van der Waals surface area contributed by atoms with Crippen molar-refractivity contribution < 1.29 is 19.1 Å². The van der Waals surface area contributed by atoms with E-state index >= 15 is 0 Å². The standard InChI is InChI=1S/C26H28N2O4S/c1-5-18-9-6-8-17(2)25(18)28-23(29)16-33-20-14-12-19(13-15-20)27-26(30)24-21(31-3)10-7-11-22(24)32-4/h6-15H,5,16H2,1-4H3,(H,27,30)(H,28,29). The maximum absolute atomic E-state index is 12.8. The number of anilines is 2. The van der Waals surface area contributed by atoms with E-state index in [2.05, 4.69) is 17.6 Å². The number of ether oxygens (including phenoxy) is 2. The van der Waals surface area contributed by atoms with Crippen LogP contribution in [-0.2, 0) is 11.2 Å². The van der Waals surface area contributed by atoms with Crippen molar-refractivity contribution in [3.63, 3.8) is 0 Å². The number of carbonyl (C=O) groups is 2. The lowest BCUT2D eigenvalue weighted by Gasteiger charge is -2.13. The summed E-state index contributed by atoms with van der Waals surface area (Å²) in [6.45, 7) is 4.07. The van der Waals surface area contributed by atoms with Crippen LogP contribution in [0, 0.1) is 6.92 Å². The van der Waals surface area contributed by atoms with Crippen LogP contribution in [0.1, 0.15) is 28.4 Å². The van der Waals surface area contributed by atoms with Gasteiger partial charge in [0.25, 0.3) is 5.91 Å². The number of aryl methyl sites for hydroxylation is 2. The van der Waals surface area contributed by atoms with Crippen molar-refractivity contribution in [3.8, 4) is 11.5 Å². The Morgan fingerprint density at radius 2 is 1.52 bits per heavy atom. The zero-order valence-corrected chi connectivity index (χ0v) is 20.0. The molecular weight excluding hydrogens is 436 g/mol. The third-order valence-electron chi connectivity index (χ3n) is 5.14. The van der Waals surface area contributed by atoms with Crippen LogP contribution in [0.15, 0.2) is 65.6 Å². The number of carbonyl (C=O) groups excluding carboxylic acids is 2. The molecule has 0 spiro atoms. The Bertz CT molecular complexity index is 1110. The average molecular weight is 465 g/mol. The van der Waals surface area contributed by atoms with Crippen molar-refractivity contribution in [2.24, 2.45) is 0 Å². The zero-order chi connectivity index (χ0) is 23.8. The molecule has 0 heterocycles. The van der Waals surface area contributed by atoms with Crippen molar-refractivity contribution in [2.45, 2.75) is 25.2 Å². The van der Waals surface area contributed by atoms with Crippen LogP contribution in [0.2, 0.25) is 0 Å². The average Bonchev–Trinajstić information content (AvgIpc) is 2.84. The van der Waals surface area contributed by atoms with Gasteiger partial charge in [0.2, 0.25) is 5.91 Å². The molecule has 0 unspecified atom stereocenters. The fourth-order valence-corrected chi connectivity index (χ4v) is 4.13. The molecule has 3 aromatic rings. The van der Waals surface area contributed by atoms with E-state index in [9.17, 15) is 9.59 Å². The second-order valence-corrected chi connectivity index (χ2v) is 8.36. The topological polar surface area (TPSA) is 76.7 Å². The summed E-state index contributed by atoms with van der Waals surface area (Å²) in [5, 5.41) is 5.90. The predicted octanol–water partition coefficient (Wildman–Crippen LogP) is 5.56. The molecule has 2 amide bonds. The lowest BCUT2D eigenvalue weighted by molar-refractivity contribution is -0.113. The van der Waals surface area contributed by atoms with Crippen LogP contribution in [0.4, 0.5) is 11.4 Å². The number of para-hydroxylation sites is 1. The molecule has 0 saturated carbocycles. The maximum Gasteiger partial charge on any atom is 0.263 e. The van der Waals surface area contributed by atoms with Gasteiger partial charge < -0.3 is 20.1 Å². The number of hydrogen-bond donors (Lipinski definition) is 2. The molecule has 2 N–H and O–H groups in total. The molecule has 0 aromatic heterocycles. The predicted molar refractivity (Wildman–Crippen MR) is 134 cm³/mol. The summed E-state index contributed by atoms with van der Waals surface area (Å²) >= 11 is 1.44. The minimum Gasteiger partial charge on any atom is -0.496 e. The second kappa shape index (κ2) is 11.4. The molecule has 0 bridgehead atoms. The van der Waals surface area contributed by atoms with Crippen LogP contribution >= 0.6 is 11.8 Å². The number of rotatable bonds is 9. The lowest BCUT2D eigenvalue weighted by Crippen LogP contribution is -2.16. The van der Waals surface area contributed by atoms with Gasteiger partial charge in [-0.25, -0.2) is 0 Å². The highest BCUT2D eigenvalue weighted by atomic mass is 32.2. The highest BCUT2D eigenvalue weighted by molar-refractivity contribution is 8.00. The number of hydrogen-bond acceptors (Lipinski definition) is 5. The molecule has 0 aliphatic carbocycles. The molecule has 0 fully saturated rings. The van der Waals surface area contributed by atoms with Crippen molar-refractivity contribution in [3.05, 3.63) is 77.4 Å². The zero-order valence-electron chi connectivity index (χ0n) is 19.2. The van der Waals surface area contributed by atoms with E-state index in [-0.39, 0.29) is 11.8 Å². The number of amides is 2. The summed E-state index contributed by atoms with van der Waals surface area (Å²) in [5.74, 6) is 0.787. The molecule has 3 rings (SSSR count). The minimum absolute atomic E-state index is 0.0513. The van der Waals surface area contributed by atoms with E-state index in [1.807, 2.05) is 37.3 Å². The van der Waals surface area contributed by atoms with Gasteiger partial charge in [0.1, 0.15) is 17.1 Å². The minimum atomic E-state index is -0.325. The van der Waals surface area contributed by atoms with Gasteiger partial charge in [0.05, 0.1) is 20.0 Å². The monoisotopic (exact) mass is 464 g/mol. The van der Waals surface area contributed by atoms with Crippen LogP contribution in [-0.4, -0.2) is 31.8 Å². The SMILES string of the molecule is CCc1cccc(C)c1NC(=O)CSc1ccc(NC(=O)c2c(OC)cccc2OC)cc1. The molecule has 33 heavy (non-hydrogen) atoms. The smallest absolute Gasteiger partial charge is 0.263 e. The Kier molecular flexibility index (Phi) is 8.38. The van der Waals surface area contributed by atoms with Gasteiger partial charge in [0, 0.05) is 16.3 Å². The van der Waals surface area contributed by atoms with Crippen LogP contribution in [0.3, 0.4) is 0 Å². The summed E-state index contributed by atoms with van der Waals surface area (Å²) in [4.78, 5) is 26.2. The molecule has 172 valence electrons. The Labute approximate surface area is 198 Å². The third kappa shape index (κ3) is 6.08. The van der Waals surface area contributed by atoms with Crippen molar-refractivity contribution in [1.29, 1.82) is 0 Å². The van der Waals surface area contributed by atoms with Gasteiger partial charge >= 0.3 is 0 Å². The number of nitrogens with one attached hydrogen (secondary N) is 2. The normalized spacial score (nSPS) is 10.4.